The lowest BCUT2D eigenvalue weighted by molar-refractivity contribution is -0.134. The van der Waals surface area contributed by atoms with Gasteiger partial charge in [0.15, 0.2) is 0 Å². The zero-order valence-electron chi connectivity index (χ0n) is 9.30. The Balaban J connectivity index is 2.29. The van der Waals surface area contributed by atoms with Crippen LogP contribution >= 0.6 is 11.6 Å². The molecule has 1 aromatic heterocycles. The minimum atomic E-state index is -0.986. The number of halogens is 1. The molecule has 0 atom stereocenters. The predicted octanol–water partition coefficient (Wildman–Crippen LogP) is 2.29. The van der Waals surface area contributed by atoms with E-state index in [1.165, 1.54) is 0 Å². The summed E-state index contributed by atoms with van der Waals surface area (Å²) in [6.45, 7) is -0.255. The molecule has 6 heteroatoms. The highest BCUT2D eigenvalue weighted by atomic mass is 35.5. The second kappa shape index (κ2) is 5.46. The number of nitrogens with one attached hydrogen (secondary N) is 1. The number of anilines is 1. The van der Waals surface area contributed by atoms with Gasteiger partial charge in [0.05, 0.1) is 5.69 Å². The SMILES string of the molecule is O=C(O)CNc1nc(Cl)cc(-c2ccccc2)n1. The lowest BCUT2D eigenvalue weighted by Crippen LogP contribution is -2.14. The second-order valence-corrected chi connectivity index (χ2v) is 3.90. The molecule has 1 aromatic carbocycles. The zero-order valence-corrected chi connectivity index (χ0v) is 10.1. The van der Waals surface area contributed by atoms with Gasteiger partial charge in [0, 0.05) is 11.6 Å². The van der Waals surface area contributed by atoms with Crippen LogP contribution in [-0.2, 0) is 4.79 Å². The topological polar surface area (TPSA) is 75.1 Å². The highest BCUT2D eigenvalue weighted by Gasteiger charge is 2.06. The van der Waals surface area contributed by atoms with Gasteiger partial charge < -0.3 is 10.4 Å². The van der Waals surface area contributed by atoms with E-state index in [2.05, 4.69) is 15.3 Å². The van der Waals surface area contributed by atoms with Gasteiger partial charge in [-0.25, -0.2) is 9.97 Å². The third-order valence-corrected chi connectivity index (χ3v) is 2.36. The van der Waals surface area contributed by atoms with Gasteiger partial charge in [0.2, 0.25) is 5.95 Å². The number of nitrogens with zero attached hydrogens (tertiary/aromatic N) is 2. The van der Waals surface area contributed by atoms with Crippen molar-refractivity contribution >= 4 is 23.5 Å². The van der Waals surface area contributed by atoms with Crippen molar-refractivity contribution in [3.05, 3.63) is 41.6 Å². The largest absolute Gasteiger partial charge is 0.480 e. The van der Waals surface area contributed by atoms with Crippen LogP contribution in [0.15, 0.2) is 36.4 Å². The van der Waals surface area contributed by atoms with Gasteiger partial charge in [-0.2, -0.15) is 0 Å². The molecule has 0 fully saturated rings. The standard InChI is InChI=1S/C12H10ClN3O2/c13-10-6-9(8-4-2-1-3-5-8)15-12(16-10)14-7-11(17)18/h1-6H,7H2,(H,17,18)(H,14,15,16). The third kappa shape index (κ3) is 3.18. The first-order valence-electron chi connectivity index (χ1n) is 5.21. The number of hydrogen-bond acceptors (Lipinski definition) is 4. The maximum Gasteiger partial charge on any atom is 0.322 e. The first-order valence-corrected chi connectivity index (χ1v) is 5.58. The average Bonchev–Trinajstić information content (AvgIpc) is 2.37. The van der Waals surface area contributed by atoms with E-state index < -0.39 is 5.97 Å². The number of carbonyl (C=O) groups is 1. The molecule has 2 rings (SSSR count). The van der Waals surface area contributed by atoms with Gasteiger partial charge in [-0.05, 0) is 0 Å². The minimum absolute atomic E-state index is 0.198. The molecule has 0 bridgehead atoms. The van der Waals surface area contributed by atoms with E-state index in [0.29, 0.717) is 5.69 Å². The number of carboxylic acids is 1. The Morgan fingerprint density at radius 2 is 2.00 bits per heavy atom. The van der Waals surface area contributed by atoms with Crippen molar-refractivity contribution < 1.29 is 9.90 Å². The van der Waals surface area contributed by atoms with Gasteiger partial charge in [-0.1, -0.05) is 41.9 Å². The molecular formula is C12H10ClN3O2. The fourth-order valence-electron chi connectivity index (χ4n) is 1.41. The molecule has 2 aromatic rings. The van der Waals surface area contributed by atoms with Crippen molar-refractivity contribution in [1.82, 2.24) is 9.97 Å². The smallest absolute Gasteiger partial charge is 0.322 e. The summed E-state index contributed by atoms with van der Waals surface area (Å²) in [5.41, 5.74) is 1.53. The van der Waals surface area contributed by atoms with Crippen LogP contribution in [0, 0.1) is 0 Å². The summed E-state index contributed by atoms with van der Waals surface area (Å²) >= 11 is 5.88. The van der Waals surface area contributed by atoms with Crippen LogP contribution in [-0.4, -0.2) is 27.6 Å². The lowest BCUT2D eigenvalue weighted by Gasteiger charge is -2.05. The van der Waals surface area contributed by atoms with Gasteiger partial charge in [0.1, 0.15) is 11.7 Å². The molecule has 0 radical (unpaired) electrons. The van der Waals surface area contributed by atoms with Crippen LogP contribution in [0.1, 0.15) is 0 Å². The Morgan fingerprint density at radius 1 is 1.28 bits per heavy atom. The van der Waals surface area contributed by atoms with Gasteiger partial charge in [0.25, 0.3) is 0 Å². The van der Waals surface area contributed by atoms with E-state index >= 15 is 0 Å². The molecule has 0 unspecified atom stereocenters. The van der Waals surface area contributed by atoms with E-state index in [1.807, 2.05) is 30.3 Å². The quantitative estimate of drug-likeness (QED) is 0.828. The molecule has 0 saturated heterocycles. The number of aliphatic carboxylic acids is 1. The minimum Gasteiger partial charge on any atom is -0.480 e. The van der Waals surface area contributed by atoms with Crippen LogP contribution < -0.4 is 5.32 Å². The molecule has 0 spiro atoms. The first kappa shape index (κ1) is 12.3. The van der Waals surface area contributed by atoms with E-state index in [0.717, 1.165) is 5.56 Å². The van der Waals surface area contributed by atoms with Crippen LogP contribution in [0.5, 0.6) is 0 Å². The van der Waals surface area contributed by atoms with Crippen LogP contribution in [0.4, 0.5) is 5.95 Å². The molecule has 5 nitrogen and oxygen atoms in total. The Bertz CT molecular complexity index is 561. The zero-order chi connectivity index (χ0) is 13.0. The Hall–Kier alpha value is -2.14. The fourth-order valence-corrected chi connectivity index (χ4v) is 1.59. The molecule has 92 valence electrons. The van der Waals surface area contributed by atoms with Gasteiger partial charge in [-0.3, -0.25) is 4.79 Å². The maximum absolute atomic E-state index is 10.5. The van der Waals surface area contributed by atoms with Crippen molar-refractivity contribution in [3.63, 3.8) is 0 Å². The summed E-state index contributed by atoms with van der Waals surface area (Å²) in [5.74, 6) is -0.788. The molecular weight excluding hydrogens is 254 g/mol. The number of rotatable bonds is 4. The molecule has 0 amide bonds. The molecule has 18 heavy (non-hydrogen) atoms. The summed E-state index contributed by atoms with van der Waals surface area (Å²) in [6, 6.07) is 11.1. The first-order chi connectivity index (χ1) is 8.65. The number of aromatic nitrogens is 2. The third-order valence-electron chi connectivity index (χ3n) is 2.16. The summed E-state index contributed by atoms with van der Waals surface area (Å²) in [4.78, 5) is 18.6. The van der Waals surface area contributed by atoms with Crippen LogP contribution in [0.25, 0.3) is 11.3 Å². The van der Waals surface area contributed by atoms with E-state index in [9.17, 15) is 4.79 Å². The van der Waals surface area contributed by atoms with E-state index in [4.69, 9.17) is 16.7 Å². The molecule has 0 aliphatic rings. The van der Waals surface area contributed by atoms with Crippen LogP contribution in [0.3, 0.4) is 0 Å². The van der Waals surface area contributed by atoms with Gasteiger partial charge >= 0.3 is 5.97 Å². The van der Waals surface area contributed by atoms with Crippen molar-refractivity contribution in [2.45, 2.75) is 0 Å². The normalized spacial score (nSPS) is 10.1. The summed E-state index contributed by atoms with van der Waals surface area (Å²) in [6.07, 6.45) is 0. The summed E-state index contributed by atoms with van der Waals surface area (Å²) in [5, 5.41) is 11.4. The van der Waals surface area contributed by atoms with E-state index in [1.54, 1.807) is 6.07 Å². The molecule has 0 saturated carbocycles. The highest BCUT2D eigenvalue weighted by Crippen LogP contribution is 2.20. The maximum atomic E-state index is 10.5. The van der Waals surface area contributed by atoms with Crippen molar-refractivity contribution in [2.24, 2.45) is 0 Å². The predicted molar refractivity (Wildman–Crippen MR) is 68.6 cm³/mol. The highest BCUT2D eigenvalue weighted by molar-refractivity contribution is 6.29. The van der Waals surface area contributed by atoms with E-state index in [-0.39, 0.29) is 17.6 Å². The summed E-state index contributed by atoms with van der Waals surface area (Å²) in [7, 11) is 0. The second-order valence-electron chi connectivity index (χ2n) is 3.51. The molecule has 0 aliphatic carbocycles. The monoisotopic (exact) mass is 263 g/mol. The van der Waals surface area contributed by atoms with Crippen LogP contribution in [0.2, 0.25) is 5.15 Å². The van der Waals surface area contributed by atoms with Gasteiger partial charge in [-0.15, -0.1) is 0 Å². The van der Waals surface area contributed by atoms with Crippen molar-refractivity contribution in [3.8, 4) is 11.3 Å². The lowest BCUT2D eigenvalue weighted by atomic mass is 10.1. The Kier molecular flexibility index (Phi) is 3.74. The summed E-state index contributed by atoms with van der Waals surface area (Å²) < 4.78 is 0. The Morgan fingerprint density at radius 3 is 2.67 bits per heavy atom. The average molecular weight is 264 g/mol. The molecule has 1 heterocycles. The number of hydrogen-bond donors (Lipinski definition) is 2. The van der Waals surface area contributed by atoms with Crippen molar-refractivity contribution in [2.75, 3.05) is 11.9 Å². The van der Waals surface area contributed by atoms with Crippen molar-refractivity contribution in [1.29, 1.82) is 0 Å². The number of benzene rings is 1. The molecule has 2 N–H and O–H groups in total. The Labute approximate surface area is 108 Å². The number of carboxylic acid groups (broad SMARTS) is 1. The fraction of sp³-hybridized carbons (Fsp3) is 0.0833. The molecule has 0 aliphatic heterocycles.